The molecule has 106 valence electrons. The minimum atomic E-state index is -0.921. The molecule has 0 saturated carbocycles. The fourth-order valence-electron chi connectivity index (χ4n) is 2.05. The Hall–Kier alpha value is -1.82. The highest BCUT2D eigenvalue weighted by molar-refractivity contribution is 9.10. The molecule has 1 aromatic heterocycles. The Labute approximate surface area is 125 Å². The summed E-state index contributed by atoms with van der Waals surface area (Å²) >= 11 is 3.35. The molecule has 0 fully saturated rings. The summed E-state index contributed by atoms with van der Waals surface area (Å²) < 4.78 is 2.60. The standard InChI is InChI=1S/C14H16BrN3O2/c1-3-12-11(8-18(2)17-12)13(14(19)20)16-10-6-4-9(15)5-7-10/h4-8,13,16H,3H2,1-2H3,(H,19,20). The minimum absolute atomic E-state index is 0.696. The van der Waals surface area contributed by atoms with Gasteiger partial charge < -0.3 is 10.4 Å². The van der Waals surface area contributed by atoms with E-state index in [1.807, 2.05) is 31.2 Å². The summed E-state index contributed by atoms with van der Waals surface area (Å²) in [4.78, 5) is 11.5. The summed E-state index contributed by atoms with van der Waals surface area (Å²) in [6.07, 6.45) is 2.45. The van der Waals surface area contributed by atoms with Crippen molar-refractivity contribution in [2.45, 2.75) is 19.4 Å². The number of aromatic nitrogens is 2. The van der Waals surface area contributed by atoms with E-state index in [4.69, 9.17) is 0 Å². The first-order chi connectivity index (χ1) is 9.51. The lowest BCUT2D eigenvalue weighted by molar-refractivity contribution is -0.138. The van der Waals surface area contributed by atoms with Crippen LogP contribution in [0.1, 0.15) is 24.2 Å². The molecule has 20 heavy (non-hydrogen) atoms. The molecular formula is C14H16BrN3O2. The van der Waals surface area contributed by atoms with Gasteiger partial charge in [0.1, 0.15) is 0 Å². The Balaban J connectivity index is 2.31. The SMILES string of the molecule is CCc1nn(C)cc1C(Nc1ccc(Br)cc1)C(=O)O. The highest BCUT2D eigenvalue weighted by Gasteiger charge is 2.24. The first kappa shape index (κ1) is 14.6. The third-order valence-electron chi connectivity index (χ3n) is 2.99. The Bertz CT molecular complexity index is 607. The van der Waals surface area contributed by atoms with Gasteiger partial charge in [0.15, 0.2) is 6.04 Å². The van der Waals surface area contributed by atoms with Crippen molar-refractivity contribution in [3.63, 3.8) is 0 Å². The van der Waals surface area contributed by atoms with E-state index in [0.717, 1.165) is 15.9 Å². The van der Waals surface area contributed by atoms with E-state index in [0.29, 0.717) is 12.0 Å². The van der Waals surface area contributed by atoms with Gasteiger partial charge >= 0.3 is 5.97 Å². The van der Waals surface area contributed by atoms with Crippen LogP contribution in [-0.2, 0) is 18.3 Å². The average Bonchev–Trinajstić information content (AvgIpc) is 2.78. The third-order valence-corrected chi connectivity index (χ3v) is 3.51. The molecule has 2 rings (SSSR count). The number of hydrogen-bond donors (Lipinski definition) is 2. The van der Waals surface area contributed by atoms with E-state index in [2.05, 4.69) is 26.3 Å². The summed E-state index contributed by atoms with van der Waals surface area (Å²) in [7, 11) is 1.79. The number of nitrogens with one attached hydrogen (secondary N) is 1. The quantitative estimate of drug-likeness (QED) is 0.880. The second-order valence-corrected chi connectivity index (χ2v) is 5.40. The van der Waals surface area contributed by atoms with Crippen LogP contribution in [0, 0.1) is 0 Å². The molecule has 1 heterocycles. The van der Waals surface area contributed by atoms with E-state index in [9.17, 15) is 9.90 Å². The smallest absolute Gasteiger partial charge is 0.330 e. The topological polar surface area (TPSA) is 67.2 Å². The molecule has 1 atom stereocenters. The van der Waals surface area contributed by atoms with E-state index in [1.54, 1.807) is 17.9 Å². The predicted molar refractivity (Wildman–Crippen MR) is 80.7 cm³/mol. The lowest BCUT2D eigenvalue weighted by Crippen LogP contribution is -2.21. The highest BCUT2D eigenvalue weighted by Crippen LogP contribution is 2.24. The largest absolute Gasteiger partial charge is 0.479 e. The normalized spacial score (nSPS) is 12.2. The summed E-state index contributed by atoms with van der Waals surface area (Å²) in [5, 5.41) is 16.8. The van der Waals surface area contributed by atoms with Gasteiger partial charge in [-0.2, -0.15) is 5.10 Å². The van der Waals surface area contributed by atoms with Gasteiger partial charge in [0.2, 0.25) is 0 Å². The van der Waals surface area contributed by atoms with Crippen LogP contribution >= 0.6 is 15.9 Å². The number of benzene rings is 1. The maximum atomic E-state index is 11.5. The Morgan fingerprint density at radius 2 is 2.10 bits per heavy atom. The Morgan fingerprint density at radius 3 is 2.65 bits per heavy atom. The molecule has 0 aliphatic carbocycles. The first-order valence-electron chi connectivity index (χ1n) is 6.28. The number of carbonyl (C=O) groups is 1. The van der Waals surface area contributed by atoms with Crippen LogP contribution < -0.4 is 5.32 Å². The molecule has 0 amide bonds. The zero-order valence-corrected chi connectivity index (χ0v) is 12.9. The molecule has 1 aromatic carbocycles. The van der Waals surface area contributed by atoms with Crippen molar-refractivity contribution < 1.29 is 9.90 Å². The summed E-state index contributed by atoms with van der Waals surface area (Å²) in [5.41, 5.74) is 2.25. The number of nitrogens with zero attached hydrogens (tertiary/aromatic N) is 2. The molecule has 0 radical (unpaired) electrons. The van der Waals surface area contributed by atoms with Gasteiger partial charge in [0, 0.05) is 29.0 Å². The minimum Gasteiger partial charge on any atom is -0.479 e. The molecule has 2 N–H and O–H groups in total. The molecule has 0 aliphatic heterocycles. The van der Waals surface area contributed by atoms with Crippen LogP contribution in [-0.4, -0.2) is 20.9 Å². The summed E-state index contributed by atoms with van der Waals surface area (Å²) in [6.45, 7) is 1.96. The van der Waals surface area contributed by atoms with Crippen LogP contribution in [0.15, 0.2) is 34.9 Å². The van der Waals surface area contributed by atoms with Crippen LogP contribution in [0.3, 0.4) is 0 Å². The van der Waals surface area contributed by atoms with Crippen molar-refractivity contribution in [3.8, 4) is 0 Å². The number of anilines is 1. The molecule has 0 aliphatic rings. The van der Waals surface area contributed by atoms with Crippen molar-refractivity contribution in [3.05, 3.63) is 46.2 Å². The van der Waals surface area contributed by atoms with Crippen LogP contribution in [0.5, 0.6) is 0 Å². The van der Waals surface area contributed by atoms with Gasteiger partial charge in [-0.1, -0.05) is 22.9 Å². The lowest BCUT2D eigenvalue weighted by atomic mass is 10.1. The van der Waals surface area contributed by atoms with Gasteiger partial charge in [-0.05, 0) is 30.7 Å². The van der Waals surface area contributed by atoms with E-state index in [-0.39, 0.29) is 0 Å². The van der Waals surface area contributed by atoms with Crippen molar-refractivity contribution in [1.29, 1.82) is 0 Å². The predicted octanol–water partition coefficient (Wildman–Crippen LogP) is 2.98. The Kier molecular flexibility index (Phi) is 4.44. The van der Waals surface area contributed by atoms with E-state index in [1.165, 1.54) is 0 Å². The molecule has 2 aromatic rings. The van der Waals surface area contributed by atoms with Gasteiger partial charge in [0.05, 0.1) is 5.69 Å². The molecule has 0 saturated heterocycles. The average molecular weight is 338 g/mol. The molecular weight excluding hydrogens is 322 g/mol. The first-order valence-corrected chi connectivity index (χ1v) is 7.08. The van der Waals surface area contributed by atoms with Gasteiger partial charge in [-0.3, -0.25) is 4.68 Å². The zero-order chi connectivity index (χ0) is 14.7. The number of carboxylic acids is 1. The van der Waals surface area contributed by atoms with Crippen molar-refractivity contribution in [2.24, 2.45) is 7.05 Å². The fourth-order valence-corrected chi connectivity index (χ4v) is 2.32. The molecule has 5 nitrogen and oxygen atoms in total. The number of hydrogen-bond acceptors (Lipinski definition) is 3. The molecule has 1 unspecified atom stereocenters. The number of halogens is 1. The Morgan fingerprint density at radius 1 is 1.45 bits per heavy atom. The maximum Gasteiger partial charge on any atom is 0.330 e. The van der Waals surface area contributed by atoms with Gasteiger partial charge in [-0.25, -0.2) is 4.79 Å². The van der Waals surface area contributed by atoms with Crippen LogP contribution in [0.25, 0.3) is 0 Å². The third kappa shape index (κ3) is 3.19. The second kappa shape index (κ2) is 6.09. The van der Waals surface area contributed by atoms with Crippen LogP contribution in [0.2, 0.25) is 0 Å². The number of carboxylic acid groups (broad SMARTS) is 1. The zero-order valence-electron chi connectivity index (χ0n) is 11.3. The lowest BCUT2D eigenvalue weighted by Gasteiger charge is -2.15. The van der Waals surface area contributed by atoms with Gasteiger partial charge in [0.25, 0.3) is 0 Å². The molecule has 0 bridgehead atoms. The number of aliphatic carboxylic acids is 1. The summed E-state index contributed by atoms with van der Waals surface area (Å²) in [6, 6.07) is 6.60. The molecule has 6 heteroatoms. The van der Waals surface area contributed by atoms with Crippen molar-refractivity contribution in [2.75, 3.05) is 5.32 Å². The van der Waals surface area contributed by atoms with E-state index >= 15 is 0 Å². The number of aryl methyl sites for hydroxylation is 2. The van der Waals surface area contributed by atoms with Crippen LogP contribution in [0.4, 0.5) is 5.69 Å². The maximum absolute atomic E-state index is 11.5. The van der Waals surface area contributed by atoms with Crippen molar-refractivity contribution in [1.82, 2.24) is 9.78 Å². The molecule has 0 spiro atoms. The number of rotatable bonds is 5. The highest BCUT2D eigenvalue weighted by atomic mass is 79.9. The van der Waals surface area contributed by atoms with Crippen molar-refractivity contribution >= 4 is 27.6 Å². The monoisotopic (exact) mass is 337 g/mol. The van der Waals surface area contributed by atoms with E-state index < -0.39 is 12.0 Å². The second-order valence-electron chi connectivity index (χ2n) is 4.48. The van der Waals surface area contributed by atoms with Gasteiger partial charge in [-0.15, -0.1) is 0 Å². The summed E-state index contributed by atoms with van der Waals surface area (Å²) in [5.74, 6) is -0.921. The fraction of sp³-hybridized carbons (Fsp3) is 0.286.